The van der Waals surface area contributed by atoms with Crippen LogP contribution in [0.2, 0.25) is 0 Å². The molecule has 10 heteroatoms. The Hall–Kier alpha value is -2.31. The molecule has 108 valence electrons. The molecule has 1 N–H and O–H groups in total. The highest BCUT2D eigenvalue weighted by atomic mass is 19.4. The number of nitriles is 1. The number of carbonyl (C=O) groups excluding carboxylic acids is 1. The predicted octanol–water partition coefficient (Wildman–Crippen LogP) is 2.37. The first-order chi connectivity index (χ1) is 9.07. The van der Waals surface area contributed by atoms with Gasteiger partial charge in [0.15, 0.2) is 5.69 Å². The van der Waals surface area contributed by atoms with Crippen LogP contribution in [-0.2, 0) is 12.4 Å². The minimum Gasteiger partial charge on any atom is -0.339 e. The van der Waals surface area contributed by atoms with Crippen LogP contribution in [0, 0.1) is 11.3 Å². The molecule has 0 aliphatic rings. The van der Waals surface area contributed by atoms with E-state index in [-0.39, 0.29) is 6.07 Å². The van der Waals surface area contributed by atoms with Crippen LogP contribution in [0.15, 0.2) is 12.1 Å². The lowest BCUT2D eigenvalue weighted by molar-refractivity contribution is -0.150. The van der Waals surface area contributed by atoms with Crippen molar-refractivity contribution in [2.45, 2.75) is 12.4 Å². The van der Waals surface area contributed by atoms with Gasteiger partial charge in [-0.25, -0.2) is 4.98 Å². The third kappa shape index (κ3) is 3.59. The zero-order valence-electron chi connectivity index (χ0n) is 9.43. The van der Waals surface area contributed by atoms with E-state index in [1.54, 1.807) is 5.32 Å². The predicted molar refractivity (Wildman–Crippen MR) is 52.2 cm³/mol. The van der Waals surface area contributed by atoms with E-state index < -0.39 is 41.8 Å². The van der Waals surface area contributed by atoms with Gasteiger partial charge in [0.1, 0.15) is 12.2 Å². The molecule has 20 heavy (non-hydrogen) atoms. The normalized spacial score (nSPS) is 11.8. The van der Waals surface area contributed by atoms with Crippen molar-refractivity contribution in [3.05, 3.63) is 29.1 Å². The smallest absolute Gasteiger partial charge is 0.339 e. The van der Waals surface area contributed by atoms with Gasteiger partial charge in [-0.15, -0.1) is 0 Å². The monoisotopic (exact) mass is 297 g/mol. The summed E-state index contributed by atoms with van der Waals surface area (Å²) in [7, 11) is 0. The molecule has 1 rings (SSSR count). The number of carbonyl (C=O) groups is 1. The van der Waals surface area contributed by atoms with Gasteiger partial charge >= 0.3 is 12.4 Å². The van der Waals surface area contributed by atoms with Gasteiger partial charge in [0.25, 0.3) is 5.91 Å². The first-order valence-electron chi connectivity index (χ1n) is 4.88. The molecule has 0 radical (unpaired) electrons. The maximum Gasteiger partial charge on any atom is 0.434 e. The molecule has 1 amide bonds. The molecular formula is C10H5F6N3O. The average molecular weight is 297 g/mol. The number of amides is 1. The molecule has 0 bridgehead atoms. The molecule has 1 aromatic heterocycles. The maximum atomic E-state index is 12.6. The number of hydrogen-bond donors (Lipinski definition) is 1. The largest absolute Gasteiger partial charge is 0.434 e. The fourth-order valence-electron chi connectivity index (χ4n) is 1.23. The summed E-state index contributed by atoms with van der Waals surface area (Å²) in [6.45, 7) is -0.586. The van der Waals surface area contributed by atoms with Crippen molar-refractivity contribution in [3.8, 4) is 6.07 Å². The first-order valence-corrected chi connectivity index (χ1v) is 4.88. The summed E-state index contributed by atoms with van der Waals surface area (Å²) in [5, 5.41) is 9.99. The van der Waals surface area contributed by atoms with Crippen molar-refractivity contribution >= 4 is 5.91 Å². The molecule has 0 saturated carbocycles. The van der Waals surface area contributed by atoms with E-state index in [9.17, 15) is 31.1 Å². The van der Waals surface area contributed by atoms with Gasteiger partial charge in [-0.2, -0.15) is 31.6 Å². The third-order valence-electron chi connectivity index (χ3n) is 2.03. The SMILES string of the molecule is N#CCNC(=O)c1ccc(C(F)(F)F)nc1C(F)(F)F. The molecule has 0 aliphatic heterocycles. The number of pyridine rings is 1. The topological polar surface area (TPSA) is 65.8 Å². The number of nitrogens with zero attached hydrogens (tertiary/aromatic N) is 2. The van der Waals surface area contributed by atoms with Crippen LogP contribution >= 0.6 is 0 Å². The summed E-state index contributed by atoms with van der Waals surface area (Å²) in [5.41, 5.74) is -4.80. The molecule has 0 unspecified atom stereocenters. The third-order valence-corrected chi connectivity index (χ3v) is 2.03. The Balaban J connectivity index is 3.33. The van der Waals surface area contributed by atoms with Crippen molar-refractivity contribution < 1.29 is 31.1 Å². The fourth-order valence-corrected chi connectivity index (χ4v) is 1.23. The molecule has 1 aromatic rings. The number of halogens is 6. The number of hydrogen-bond acceptors (Lipinski definition) is 3. The summed E-state index contributed by atoms with van der Waals surface area (Å²) in [6, 6.07) is 2.08. The van der Waals surface area contributed by atoms with Gasteiger partial charge < -0.3 is 5.32 Å². The minimum absolute atomic E-state index is 0.260. The number of aromatic nitrogens is 1. The van der Waals surface area contributed by atoms with Gasteiger partial charge in [0.05, 0.1) is 11.6 Å². The molecule has 0 saturated heterocycles. The van der Waals surface area contributed by atoms with Crippen molar-refractivity contribution in [3.63, 3.8) is 0 Å². The van der Waals surface area contributed by atoms with Crippen molar-refractivity contribution in [1.29, 1.82) is 5.26 Å². The highest BCUT2D eigenvalue weighted by Gasteiger charge is 2.41. The van der Waals surface area contributed by atoms with E-state index in [0.29, 0.717) is 6.07 Å². The summed E-state index contributed by atoms with van der Waals surface area (Å²) in [6.07, 6.45) is -10.3. The summed E-state index contributed by atoms with van der Waals surface area (Å²) >= 11 is 0. The Labute approximate surface area is 108 Å². The van der Waals surface area contributed by atoms with Gasteiger partial charge in [-0.05, 0) is 12.1 Å². The minimum atomic E-state index is -5.24. The van der Waals surface area contributed by atoms with E-state index in [2.05, 4.69) is 4.98 Å². The van der Waals surface area contributed by atoms with Crippen molar-refractivity contribution in [2.75, 3.05) is 6.54 Å². The Bertz CT molecular complexity index is 558. The van der Waals surface area contributed by atoms with E-state index in [1.165, 1.54) is 6.07 Å². The van der Waals surface area contributed by atoms with E-state index in [1.807, 2.05) is 0 Å². The van der Waals surface area contributed by atoms with Gasteiger partial charge in [-0.3, -0.25) is 4.79 Å². The van der Waals surface area contributed by atoms with E-state index in [4.69, 9.17) is 5.26 Å². The molecule has 0 aliphatic carbocycles. The lowest BCUT2D eigenvalue weighted by Gasteiger charge is -2.14. The van der Waals surface area contributed by atoms with Crippen molar-refractivity contribution in [1.82, 2.24) is 10.3 Å². The molecule has 4 nitrogen and oxygen atoms in total. The summed E-state index contributed by atoms with van der Waals surface area (Å²) in [4.78, 5) is 13.8. The lowest BCUT2D eigenvalue weighted by atomic mass is 10.1. The maximum absolute atomic E-state index is 12.6. The van der Waals surface area contributed by atoms with Crippen molar-refractivity contribution in [2.24, 2.45) is 0 Å². The van der Waals surface area contributed by atoms with E-state index >= 15 is 0 Å². The zero-order chi connectivity index (χ0) is 15.6. The number of nitrogens with one attached hydrogen (secondary N) is 1. The lowest BCUT2D eigenvalue weighted by Crippen LogP contribution is -2.28. The summed E-state index contributed by atoms with van der Waals surface area (Å²) in [5.74, 6) is -1.33. The first kappa shape index (κ1) is 15.7. The van der Waals surface area contributed by atoms with Crippen LogP contribution in [0.4, 0.5) is 26.3 Å². The fraction of sp³-hybridized carbons (Fsp3) is 0.300. The molecule has 1 heterocycles. The Morgan fingerprint density at radius 2 is 1.80 bits per heavy atom. The summed E-state index contributed by atoms with van der Waals surface area (Å²) < 4.78 is 74.8. The van der Waals surface area contributed by atoms with Crippen LogP contribution < -0.4 is 5.32 Å². The van der Waals surface area contributed by atoms with Crippen LogP contribution in [0.1, 0.15) is 21.7 Å². The standard InChI is InChI=1S/C10H5F6N3O/c11-9(12,13)6-2-1-5(8(20)18-4-3-17)7(19-6)10(14,15)16/h1-2H,4H2,(H,18,20). The molecule has 0 fully saturated rings. The average Bonchev–Trinajstić information content (AvgIpc) is 2.33. The second-order valence-electron chi connectivity index (χ2n) is 3.43. The second-order valence-corrected chi connectivity index (χ2v) is 3.43. The second kappa shape index (κ2) is 5.36. The van der Waals surface area contributed by atoms with Crippen LogP contribution in [0.25, 0.3) is 0 Å². The highest BCUT2D eigenvalue weighted by Crippen LogP contribution is 2.34. The van der Waals surface area contributed by atoms with Gasteiger partial charge in [0, 0.05) is 0 Å². The van der Waals surface area contributed by atoms with Crippen LogP contribution in [-0.4, -0.2) is 17.4 Å². The zero-order valence-corrected chi connectivity index (χ0v) is 9.43. The number of alkyl halides is 6. The van der Waals surface area contributed by atoms with E-state index in [0.717, 1.165) is 0 Å². The number of rotatable bonds is 2. The molecule has 0 aromatic carbocycles. The quantitative estimate of drug-likeness (QED) is 0.673. The highest BCUT2D eigenvalue weighted by molar-refractivity contribution is 5.95. The Morgan fingerprint density at radius 1 is 1.20 bits per heavy atom. The van der Waals surface area contributed by atoms with Crippen LogP contribution in [0.5, 0.6) is 0 Å². The Morgan fingerprint density at radius 3 is 2.25 bits per heavy atom. The van der Waals surface area contributed by atoms with Crippen LogP contribution in [0.3, 0.4) is 0 Å². The molecule has 0 atom stereocenters. The molecular weight excluding hydrogens is 292 g/mol. The Kier molecular flexibility index (Phi) is 4.22. The molecule has 0 spiro atoms. The van der Waals surface area contributed by atoms with Gasteiger partial charge in [-0.1, -0.05) is 0 Å². The van der Waals surface area contributed by atoms with Gasteiger partial charge in [0.2, 0.25) is 0 Å².